The van der Waals surface area contributed by atoms with Gasteiger partial charge < -0.3 is 10.1 Å². The lowest BCUT2D eigenvalue weighted by Crippen LogP contribution is -2.38. The second-order valence-electron chi connectivity index (χ2n) is 7.16. The number of piperidine rings is 1. The molecule has 2 aromatic rings. The van der Waals surface area contributed by atoms with Crippen LogP contribution in [0.1, 0.15) is 35.7 Å². The molecule has 0 spiro atoms. The molecule has 0 bridgehead atoms. The highest BCUT2D eigenvalue weighted by Gasteiger charge is 2.28. The number of Topliss-reactive ketones (excluding diaryl/α,β-unsaturated/α-hetero) is 1. The van der Waals surface area contributed by atoms with E-state index in [1.807, 2.05) is 24.3 Å². The number of nitrogens with one attached hydrogen (secondary N) is 1. The summed E-state index contributed by atoms with van der Waals surface area (Å²) >= 11 is 6.09. The Morgan fingerprint density at radius 1 is 1.21 bits per heavy atom. The first-order valence-corrected chi connectivity index (χ1v) is 9.80. The van der Waals surface area contributed by atoms with E-state index in [4.69, 9.17) is 16.3 Å². The minimum atomic E-state index is -0.0819. The summed E-state index contributed by atoms with van der Waals surface area (Å²) in [5, 5.41) is 3.31. The van der Waals surface area contributed by atoms with Crippen molar-refractivity contribution in [3.8, 4) is 5.75 Å². The molecule has 0 unspecified atom stereocenters. The third kappa shape index (κ3) is 5.12. The fraction of sp³-hybridized carbons (Fsp3) is 0.364. The number of halogens is 1. The molecule has 1 heterocycles. The number of likely N-dealkylation sites (tertiary alicyclic amines) is 1. The van der Waals surface area contributed by atoms with E-state index in [0.717, 1.165) is 37.2 Å². The van der Waals surface area contributed by atoms with Crippen LogP contribution in [0.25, 0.3) is 0 Å². The van der Waals surface area contributed by atoms with Crippen LogP contribution in [0.5, 0.6) is 5.75 Å². The number of ether oxygens (including phenoxy) is 1. The van der Waals surface area contributed by atoms with Crippen LogP contribution in [0.2, 0.25) is 5.02 Å². The third-order valence-electron chi connectivity index (χ3n) is 4.98. The summed E-state index contributed by atoms with van der Waals surface area (Å²) in [4.78, 5) is 26.5. The molecule has 1 amide bonds. The molecule has 1 N–H and O–H groups in total. The van der Waals surface area contributed by atoms with Crippen molar-refractivity contribution in [2.45, 2.75) is 26.3 Å². The first kappa shape index (κ1) is 20.4. The lowest BCUT2D eigenvalue weighted by Gasteiger charge is -2.32. The van der Waals surface area contributed by atoms with Crippen molar-refractivity contribution in [1.29, 1.82) is 0 Å². The van der Waals surface area contributed by atoms with Gasteiger partial charge >= 0.3 is 0 Å². The molecule has 1 saturated heterocycles. The number of hydrogen-bond acceptors (Lipinski definition) is 4. The average Bonchev–Trinajstić information content (AvgIpc) is 2.69. The monoisotopic (exact) mass is 400 g/mol. The van der Waals surface area contributed by atoms with Gasteiger partial charge in [0.05, 0.1) is 12.7 Å². The van der Waals surface area contributed by atoms with Gasteiger partial charge in [0.1, 0.15) is 5.75 Å². The van der Waals surface area contributed by atoms with Gasteiger partial charge in [-0.05, 0) is 55.3 Å². The number of hydrogen-bond donors (Lipinski definition) is 1. The first-order valence-electron chi connectivity index (χ1n) is 9.43. The number of methoxy groups -OCH3 is 1. The van der Waals surface area contributed by atoms with E-state index in [9.17, 15) is 9.59 Å². The van der Waals surface area contributed by atoms with Gasteiger partial charge in [-0.3, -0.25) is 14.5 Å². The first-order chi connectivity index (χ1) is 13.5. The molecule has 3 rings (SSSR count). The summed E-state index contributed by atoms with van der Waals surface area (Å²) in [7, 11) is 1.57. The topological polar surface area (TPSA) is 58.6 Å². The molecule has 2 aromatic carbocycles. The number of rotatable bonds is 6. The molecule has 5 nitrogen and oxygen atoms in total. The zero-order valence-corrected chi connectivity index (χ0v) is 17.0. The molecule has 0 radical (unpaired) electrons. The second kappa shape index (κ2) is 9.22. The van der Waals surface area contributed by atoms with Gasteiger partial charge in [-0.1, -0.05) is 23.7 Å². The Morgan fingerprint density at radius 3 is 2.64 bits per heavy atom. The number of anilines is 1. The molecule has 0 aromatic heterocycles. The minimum Gasteiger partial charge on any atom is -0.496 e. The van der Waals surface area contributed by atoms with Crippen LogP contribution in [0.4, 0.5) is 5.69 Å². The molecule has 6 heteroatoms. The summed E-state index contributed by atoms with van der Waals surface area (Å²) in [6.07, 6.45) is 1.84. The smallest absolute Gasteiger partial charge is 0.221 e. The van der Waals surface area contributed by atoms with Crippen LogP contribution in [0, 0.1) is 5.92 Å². The predicted octanol–water partition coefficient (Wildman–Crippen LogP) is 4.40. The fourth-order valence-corrected chi connectivity index (χ4v) is 3.83. The summed E-state index contributed by atoms with van der Waals surface area (Å²) < 4.78 is 5.35. The minimum absolute atomic E-state index is 0.0697. The van der Waals surface area contributed by atoms with Crippen LogP contribution in [-0.2, 0) is 11.3 Å². The Kier molecular flexibility index (Phi) is 6.70. The second-order valence-corrected chi connectivity index (χ2v) is 7.60. The molecule has 1 aliphatic rings. The Balaban J connectivity index is 1.66. The van der Waals surface area contributed by atoms with Crippen molar-refractivity contribution in [3.63, 3.8) is 0 Å². The zero-order valence-electron chi connectivity index (χ0n) is 16.2. The molecule has 0 saturated carbocycles. The fourth-order valence-electron chi connectivity index (χ4n) is 3.66. The largest absolute Gasteiger partial charge is 0.496 e. The van der Waals surface area contributed by atoms with Crippen molar-refractivity contribution in [3.05, 3.63) is 58.6 Å². The normalized spacial score (nSPS) is 17.2. The maximum atomic E-state index is 13.1. The van der Waals surface area contributed by atoms with Crippen LogP contribution >= 0.6 is 11.6 Å². The molecule has 0 aliphatic carbocycles. The highest BCUT2D eigenvalue weighted by atomic mass is 35.5. The number of nitrogens with zero attached hydrogens (tertiary/aromatic N) is 1. The Hall–Kier alpha value is -2.37. The van der Waals surface area contributed by atoms with Gasteiger partial charge in [0, 0.05) is 36.6 Å². The van der Waals surface area contributed by atoms with E-state index in [0.29, 0.717) is 22.9 Å². The number of benzene rings is 2. The average molecular weight is 401 g/mol. The summed E-state index contributed by atoms with van der Waals surface area (Å²) in [6, 6.07) is 13.0. The van der Waals surface area contributed by atoms with Gasteiger partial charge in [-0.25, -0.2) is 0 Å². The van der Waals surface area contributed by atoms with Crippen LogP contribution in [0.15, 0.2) is 42.5 Å². The molecule has 1 aliphatic heterocycles. The van der Waals surface area contributed by atoms with Gasteiger partial charge in [-0.2, -0.15) is 0 Å². The van der Waals surface area contributed by atoms with E-state index in [-0.39, 0.29) is 17.6 Å². The molecule has 1 atom stereocenters. The van der Waals surface area contributed by atoms with Crippen molar-refractivity contribution in [1.82, 2.24) is 4.90 Å². The van der Waals surface area contributed by atoms with Crippen LogP contribution in [0.3, 0.4) is 0 Å². The van der Waals surface area contributed by atoms with Crippen LogP contribution in [-0.4, -0.2) is 36.8 Å². The number of carbonyl (C=O) groups excluding carboxylic acids is 2. The van der Waals surface area contributed by atoms with E-state index in [2.05, 4.69) is 10.2 Å². The molecular formula is C22H25ClN2O3. The summed E-state index contributed by atoms with van der Waals surface area (Å²) in [5.41, 5.74) is 2.50. The van der Waals surface area contributed by atoms with E-state index < -0.39 is 0 Å². The number of amides is 1. The standard InChI is InChI=1S/C22H25ClN2O3/c1-15(26)24-19-8-5-16(6-9-19)13-25-11-3-4-17(14-25)22(27)20-12-18(23)7-10-21(20)28-2/h5-10,12,17H,3-4,11,13-14H2,1-2H3,(H,24,26)/t17-/m1/s1. The lowest BCUT2D eigenvalue weighted by molar-refractivity contribution is -0.114. The molecule has 1 fully saturated rings. The maximum Gasteiger partial charge on any atom is 0.221 e. The van der Waals surface area contributed by atoms with Crippen LogP contribution < -0.4 is 10.1 Å². The van der Waals surface area contributed by atoms with Gasteiger partial charge in [0.25, 0.3) is 0 Å². The Labute approximate surface area is 170 Å². The Bertz CT molecular complexity index is 851. The number of ketones is 1. The summed E-state index contributed by atoms with van der Waals surface area (Å²) in [6.45, 7) is 3.94. The van der Waals surface area contributed by atoms with Gasteiger partial charge in [-0.15, -0.1) is 0 Å². The lowest BCUT2D eigenvalue weighted by atomic mass is 9.89. The highest BCUT2D eigenvalue weighted by Crippen LogP contribution is 2.29. The Morgan fingerprint density at radius 2 is 1.96 bits per heavy atom. The van der Waals surface area contributed by atoms with Crippen molar-refractivity contribution >= 4 is 29.0 Å². The van der Waals surface area contributed by atoms with Crippen molar-refractivity contribution < 1.29 is 14.3 Å². The molecule has 148 valence electrons. The quantitative estimate of drug-likeness (QED) is 0.730. The highest BCUT2D eigenvalue weighted by molar-refractivity contribution is 6.31. The van der Waals surface area contributed by atoms with E-state index >= 15 is 0 Å². The van der Waals surface area contributed by atoms with E-state index in [1.54, 1.807) is 25.3 Å². The molecular weight excluding hydrogens is 376 g/mol. The predicted molar refractivity (Wildman–Crippen MR) is 111 cm³/mol. The van der Waals surface area contributed by atoms with Gasteiger partial charge in [0.2, 0.25) is 5.91 Å². The van der Waals surface area contributed by atoms with Crippen molar-refractivity contribution in [2.75, 3.05) is 25.5 Å². The van der Waals surface area contributed by atoms with Gasteiger partial charge in [0.15, 0.2) is 5.78 Å². The summed E-state index contributed by atoms with van der Waals surface area (Å²) in [5.74, 6) is 0.506. The van der Waals surface area contributed by atoms with E-state index in [1.165, 1.54) is 6.92 Å². The maximum absolute atomic E-state index is 13.1. The number of carbonyl (C=O) groups is 2. The zero-order chi connectivity index (χ0) is 20.1. The third-order valence-corrected chi connectivity index (χ3v) is 5.22. The SMILES string of the molecule is COc1ccc(Cl)cc1C(=O)[C@@H]1CCCN(Cc2ccc(NC(C)=O)cc2)C1. The van der Waals surface area contributed by atoms with Crippen molar-refractivity contribution in [2.24, 2.45) is 5.92 Å². The molecule has 28 heavy (non-hydrogen) atoms.